The third-order valence-corrected chi connectivity index (χ3v) is 4.58. The van der Waals surface area contributed by atoms with Crippen molar-refractivity contribution < 1.29 is 12.8 Å². The maximum absolute atomic E-state index is 12.9. The smallest absolute Gasteiger partial charge is 0.244 e. The molecule has 0 N–H and O–H groups in total. The van der Waals surface area contributed by atoms with E-state index in [0.717, 1.165) is 22.8 Å². The molecule has 0 saturated carbocycles. The molecule has 0 bridgehead atoms. The molecule has 0 aliphatic carbocycles. The first kappa shape index (κ1) is 13.3. The van der Waals surface area contributed by atoms with Crippen LogP contribution in [0.1, 0.15) is 6.92 Å². The minimum absolute atomic E-state index is 0.165. The Morgan fingerprint density at radius 2 is 2.19 bits per heavy atom. The standard InChI is InChI=1S/C9H12ClFN2O2S/c1-7(4-10)13(2)16(14,15)9-3-8(11)5-12-6-9/h3,5-7H,4H2,1-2H3. The lowest BCUT2D eigenvalue weighted by Gasteiger charge is -2.22. The van der Waals surface area contributed by atoms with Gasteiger partial charge in [-0.1, -0.05) is 0 Å². The molecule has 0 aliphatic rings. The summed E-state index contributed by atoms with van der Waals surface area (Å²) in [6.07, 6.45) is 2.06. The fraction of sp³-hybridized carbons (Fsp3) is 0.444. The highest BCUT2D eigenvalue weighted by atomic mass is 35.5. The van der Waals surface area contributed by atoms with Crippen LogP contribution in [0.5, 0.6) is 0 Å². The zero-order valence-electron chi connectivity index (χ0n) is 8.89. The van der Waals surface area contributed by atoms with Crippen LogP contribution in [0, 0.1) is 5.82 Å². The van der Waals surface area contributed by atoms with Gasteiger partial charge in [0.05, 0.1) is 6.20 Å². The number of rotatable bonds is 4. The average molecular weight is 267 g/mol. The van der Waals surface area contributed by atoms with Crippen molar-refractivity contribution in [1.82, 2.24) is 9.29 Å². The molecule has 1 aromatic heterocycles. The van der Waals surface area contributed by atoms with Crippen LogP contribution in [-0.4, -0.2) is 36.7 Å². The van der Waals surface area contributed by atoms with Crippen LogP contribution >= 0.6 is 11.6 Å². The van der Waals surface area contributed by atoms with E-state index < -0.39 is 15.8 Å². The molecule has 16 heavy (non-hydrogen) atoms. The molecule has 1 unspecified atom stereocenters. The minimum atomic E-state index is -3.73. The molecule has 1 rings (SSSR count). The number of nitrogens with zero attached hydrogens (tertiary/aromatic N) is 2. The molecule has 1 heterocycles. The van der Waals surface area contributed by atoms with Gasteiger partial charge < -0.3 is 0 Å². The number of halogens is 2. The van der Waals surface area contributed by atoms with Crippen LogP contribution < -0.4 is 0 Å². The summed E-state index contributed by atoms with van der Waals surface area (Å²) in [7, 11) is -2.33. The van der Waals surface area contributed by atoms with E-state index in [-0.39, 0.29) is 16.8 Å². The SMILES string of the molecule is CC(CCl)N(C)S(=O)(=O)c1cncc(F)c1. The van der Waals surface area contributed by atoms with Gasteiger partial charge in [-0.25, -0.2) is 12.8 Å². The molecule has 0 amide bonds. The Morgan fingerprint density at radius 3 is 2.69 bits per heavy atom. The van der Waals surface area contributed by atoms with Gasteiger partial charge >= 0.3 is 0 Å². The Balaban J connectivity index is 3.12. The molecule has 1 atom stereocenters. The van der Waals surface area contributed by atoms with Gasteiger partial charge in [0, 0.05) is 25.2 Å². The molecule has 7 heteroatoms. The third kappa shape index (κ3) is 2.69. The summed E-state index contributed by atoms with van der Waals surface area (Å²) >= 11 is 5.58. The number of aromatic nitrogens is 1. The van der Waals surface area contributed by atoms with E-state index in [4.69, 9.17) is 11.6 Å². The lowest BCUT2D eigenvalue weighted by atomic mass is 10.4. The van der Waals surface area contributed by atoms with Crippen molar-refractivity contribution in [3.63, 3.8) is 0 Å². The molecule has 1 aromatic rings. The van der Waals surface area contributed by atoms with E-state index in [1.807, 2.05) is 0 Å². The average Bonchev–Trinajstić information content (AvgIpc) is 2.27. The van der Waals surface area contributed by atoms with Crippen LogP contribution in [0.3, 0.4) is 0 Å². The number of alkyl halides is 1. The second-order valence-electron chi connectivity index (χ2n) is 3.36. The van der Waals surface area contributed by atoms with E-state index in [1.54, 1.807) is 6.92 Å². The monoisotopic (exact) mass is 266 g/mol. The van der Waals surface area contributed by atoms with Crippen molar-refractivity contribution in [3.8, 4) is 0 Å². The van der Waals surface area contributed by atoms with Gasteiger partial charge in [0.1, 0.15) is 10.7 Å². The predicted octanol–water partition coefficient (Wildman–Crippen LogP) is 1.47. The molecular weight excluding hydrogens is 255 g/mol. The van der Waals surface area contributed by atoms with E-state index in [1.165, 1.54) is 7.05 Å². The summed E-state index contributed by atoms with van der Waals surface area (Å²) < 4.78 is 37.9. The van der Waals surface area contributed by atoms with Crippen LogP contribution in [0.4, 0.5) is 4.39 Å². The normalized spacial score (nSPS) is 14.1. The first-order valence-electron chi connectivity index (χ1n) is 4.54. The molecule has 0 radical (unpaired) electrons. The molecule has 0 fully saturated rings. The van der Waals surface area contributed by atoms with E-state index in [2.05, 4.69) is 4.98 Å². The Hall–Kier alpha value is -0.720. The van der Waals surface area contributed by atoms with E-state index in [0.29, 0.717) is 0 Å². The Labute approximate surface area is 99.1 Å². The fourth-order valence-electron chi connectivity index (χ4n) is 1.03. The highest BCUT2D eigenvalue weighted by Crippen LogP contribution is 2.16. The second-order valence-corrected chi connectivity index (χ2v) is 5.67. The molecule has 0 saturated heterocycles. The number of hydrogen-bond donors (Lipinski definition) is 0. The first-order chi connectivity index (χ1) is 7.39. The maximum Gasteiger partial charge on any atom is 0.244 e. The summed E-state index contributed by atoms with van der Waals surface area (Å²) in [5.74, 6) is -0.522. The Kier molecular flexibility index (Phi) is 4.23. The van der Waals surface area contributed by atoms with Crippen molar-refractivity contribution in [2.24, 2.45) is 0 Å². The van der Waals surface area contributed by atoms with Crippen molar-refractivity contribution >= 4 is 21.6 Å². The zero-order valence-corrected chi connectivity index (χ0v) is 10.5. The second kappa shape index (κ2) is 5.07. The summed E-state index contributed by atoms with van der Waals surface area (Å²) in [5.41, 5.74) is 0. The third-order valence-electron chi connectivity index (χ3n) is 2.20. The highest BCUT2D eigenvalue weighted by Gasteiger charge is 2.25. The van der Waals surface area contributed by atoms with Gasteiger partial charge in [0.2, 0.25) is 10.0 Å². The lowest BCUT2D eigenvalue weighted by molar-refractivity contribution is 0.413. The van der Waals surface area contributed by atoms with Crippen LogP contribution in [0.25, 0.3) is 0 Å². The van der Waals surface area contributed by atoms with Gasteiger partial charge in [-0.2, -0.15) is 4.31 Å². The summed E-state index contributed by atoms with van der Waals surface area (Å²) in [4.78, 5) is 3.33. The number of pyridine rings is 1. The van der Waals surface area contributed by atoms with Crippen molar-refractivity contribution in [1.29, 1.82) is 0 Å². The van der Waals surface area contributed by atoms with Crippen LogP contribution in [0.15, 0.2) is 23.4 Å². The summed E-state index contributed by atoms with van der Waals surface area (Å²) in [5, 5.41) is 0. The fourth-order valence-corrected chi connectivity index (χ4v) is 2.66. The minimum Gasteiger partial charge on any atom is -0.260 e. The Bertz CT molecular complexity index is 466. The highest BCUT2D eigenvalue weighted by molar-refractivity contribution is 7.89. The van der Waals surface area contributed by atoms with Crippen molar-refractivity contribution in [2.45, 2.75) is 17.9 Å². The molecule has 4 nitrogen and oxygen atoms in total. The largest absolute Gasteiger partial charge is 0.260 e. The predicted molar refractivity (Wildman–Crippen MR) is 59.3 cm³/mol. The quantitative estimate of drug-likeness (QED) is 0.776. The van der Waals surface area contributed by atoms with E-state index >= 15 is 0 Å². The van der Waals surface area contributed by atoms with Gasteiger partial charge in [-0.15, -0.1) is 11.6 Å². The van der Waals surface area contributed by atoms with Gasteiger partial charge in [-0.3, -0.25) is 4.98 Å². The Morgan fingerprint density at radius 1 is 1.56 bits per heavy atom. The summed E-state index contributed by atoms with van der Waals surface area (Å²) in [6, 6.07) is 0.565. The molecule has 0 spiro atoms. The van der Waals surface area contributed by atoms with Crippen LogP contribution in [-0.2, 0) is 10.0 Å². The zero-order chi connectivity index (χ0) is 12.3. The number of sulfonamides is 1. The van der Waals surface area contributed by atoms with Gasteiger partial charge in [0.25, 0.3) is 0 Å². The molecule has 0 aliphatic heterocycles. The first-order valence-corrected chi connectivity index (χ1v) is 6.51. The molecule has 0 aromatic carbocycles. The van der Waals surface area contributed by atoms with Gasteiger partial charge in [-0.05, 0) is 13.0 Å². The topological polar surface area (TPSA) is 50.3 Å². The van der Waals surface area contributed by atoms with E-state index in [9.17, 15) is 12.8 Å². The van der Waals surface area contributed by atoms with Crippen LogP contribution in [0.2, 0.25) is 0 Å². The number of hydrogen-bond acceptors (Lipinski definition) is 3. The van der Waals surface area contributed by atoms with Gasteiger partial charge in [0.15, 0.2) is 0 Å². The van der Waals surface area contributed by atoms with Crippen molar-refractivity contribution in [2.75, 3.05) is 12.9 Å². The summed E-state index contributed by atoms with van der Waals surface area (Å²) in [6.45, 7) is 1.66. The maximum atomic E-state index is 12.9. The molecule has 90 valence electrons. The lowest BCUT2D eigenvalue weighted by Crippen LogP contribution is -2.36. The molecular formula is C9H12ClFN2O2S. The van der Waals surface area contributed by atoms with Crippen molar-refractivity contribution in [3.05, 3.63) is 24.3 Å².